The Morgan fingerprint density at radius 1 is 1.42 bits per heavy atom. The Kier molecular flexibility index (Phi) is 5.28. The second-order valence-electron chi connectivity index (χ2n) is 6.12. The molecule has 24 heavy (non-hydrogen) atoms. The van der Waals surface area contributed by atoms with E-state index in [1.807, 2.05) is 16.7 Å². The van der Waals surface area contributed by atoms with Crippen molar-refractivity contribution in [3.63, 3.8) is 0 Å². The molecule has 0 bridgehead atoms. The second kappa shape index (κ2) is 7.42. The van der Waals surface area contributed by atoms with Gasteiger partial charge in [-0.15, -0.1) is 0 Å². The Hall–Kier alpha value is -1.76. The number of carbonyl (C=O) groups excluding carboxylic acids is 2. The molecule has 0 aromatic heterocycles. The average Bonchev–Trinajstić information content (AvgIpc) is 2.94. The van der Waals surface area contributed by atoms with Gasteiger partial charge in [-0.1, -0.05) is 6.07 Å². The number of nitrogens with zero attached hydrogens (tertiary/aromatic N) is 1. The lowest BCUT2D eigenvalue weighted by Gasteiger charge is -2.29. The number of hydrogen-bond acceptors (Lipinski definition) is 5. The van der Waals surface area contributed by atoms with E-state index in [9.17, 15) is 14.0 Å². The number of anilines is 1. The Bertz CT molecular complexity index is 634. The van der Waals surface area contributed by atoms with Crippen molar-refractivity contribution < 1.29 is 18.7 Å². The number of ether oxygens (including phenoxy) is 1. The van der Waals surface area contributed by atoms with Crippen LogP contribution in [0, 0.1) is 11.7 Å². The normalized spacial score (nSPS) is 23.9. The van der Waals surface area contributed by atoms with E-state index >= 15 is 0 Å². The third kappa shape index (κ3) is 3.66. The summed E-state index contributed by atoms with van der Waals surface area (Å²) >= 11 is 1.87. The zero-order valence-corrected chi connectivity index (χ0v) is 14.4. The molecule has 3 rings (SSSR count). The van der Waals surface area contributed by atoms with Crippen molar-refractivity contribution in [2.45, 2.75) is 12.8 Å². The first-order valence-corrected chi connectivity index (χ1v) is 9.25. The SMILES string of the molecule is CC(=O)NCC1COC(=O)C1c1ccc(N2CCSCC2)c(F)c1. The molecule has 1 aromatic carbocycles. The van der Waals surface area contributed by atoms with Gasteiger partial charge >= 0.3 is 5.97 Å². The summed E-state index contributed by atoms with van der Waals surface area (Å²) in [5.41, 5.74) is 1.20. The standard InChI is InChI=1S/C17H21FN2O3S/c1-11(21)19-9-13-10-23-17(22)16(13)12-2-3-15(14(18)8-12)20-4-6-24-7-5-20/h2-3,8,13,16H,4-7,9-10H2,1H3,(H,19,21). The highest BCUT2D eigenvalue weighted by atomic mass is 32.2. The molecule has 2 saturated heterocycles. The lowest BCUT2D eigenvalue weighted by Crippen LogP contribution is -2.33. The predicted molar refractivity (Wildman–Crippen MR) is 91.8 cm³/mol. The first-order chi connectivity index (χ1) is 11.6. The van der Waals surface area contributed by atoms with Crippen LogP contribution in [0.3, 0.4) is 0 Å². The zero-order chi connectivity index (χ0) is 17.1. The predicted octanol–water partition coefficient (Wildman–Crippen LogP) is 1.77. The number of carbonyl (C=O) groups is 2. The number of benzene rings is 1. The number of thioether (sulfide) groups is 1. The molecule has 5 nitrogen and oxygen atoms in total. The summed E-state index contributed by atoms with van der Waals surface area (Å²) in [4.78, 5) is 25.2. The summed E-state index contributed by atoms with van der Waals surface area (Å²) in [5, 5.41) is 2.71. The van der Waals surface area contributed by atoms with Crippen LogP contribution in [0.2, 0.25) is 0 Å². The van der Waals surface area contributed by atoms with Gasteiger partial charge in [0.25, 0.3) is 0 Å². The summed E-state index contributed by atoms with van der Waals surface area (Å²) in [5.74, 6) is 0.473. The van der Waals surface area contributed by atoms with Crippen LogP contribution in [0.1, 0.15) is 18.4 Å². The number of esters is 1. The lowest BCUT2D eigenvalue weighted by atomic mass is 9.88. The van der Waals surface area contributed by atoms with Crippen molar-refractivity contribution in [2.24, 2.45) is 5.92 Å². The molecule has 2 heterocycles. The molecule has 0 radical (unpaired) electrons. The van der Waals surface area contributed by atoms with Gasteiger partial charge in [0.1, 0.15) is 5.82 Å². The van der Waals surface area contributed by atoms with Crippen molar-refractivity contribution >= 4 is 29.3 Å². The molecule has 7 heteroatoms. The van der Waals surface area contributed by atoms with Gasteiger partial charge in [-0.05, 0) is 17.7 Å². The average molecular weight is 352 g/mol. The number of halogens is 1. The minimum absolute atomic E-state index is 0.155. The molecule has 2 atom stereocenters. The summed E-state index contributed by atoms with van der Waals surface area (Å²) in [6.07, 6.45) is 0. The molecule has 0 aliphatic carbocycles. The van der Waals surface area contributed by atoms with Crippen molar-refractivity contribution in [3.8, 4) is 0 Å². The minimum Gasteiger partial charge on any atom is -0.465 e. The van der Waals surface area contributed by atoms with Crippen molar-refractivity contribution in [1.29, 1.82) is 0 Å². The lowest BCUT2D eigenvalue weighted by molar-refractivity contribution is -0.139. The highest BCUT2D eigenvalue weighted by Gasteiger charge is 2.38. The van der Waals surface area contributed by atoms with E-state index in [0.717, 1.165) is 24.6 Å². The quantitative estimate of drug-likeness (QED) is 0.837. The van der Waals surface area contributed by atoms with Crippen LogP contribution >= 0.6 is 11.8 Å². The summed E-state index contributed by atoms with van der Waals surface area (Å²) in [6.45, 7) is 3.68. The maximum Gasteiger partial charge on any atom is 0.313 e. The highest BCUT2D eigenvalue weighted by Crippen LogP contribution is 2.34. The molecule has 130 valence electrons. The van der Waals surface area contributed by atoms with Crippen LogP contribution in [0.15, 0.2) is 18.2 Å². The minimum atomic E-state index is -0.530. The van der Waals surface area contributed by atoms with Gasteiger partial charge < -0.3 is 15.0 Å². The molecule has 2 unspecified atom stereocenters. The highest BCUT2D eigenvalue weighted by molar-refractivity contribution is 7.99. The third-order valence-corrected chi connectivity index (χ3v) is 5.40. The molecule has 0 saturated carbocycles. The molecular weight excluding hydrogens is 331 g/mol. The van der Waals surface area contributed by atoms with Gasteiger partial charge in [-0.2, -0.15) is 11.8 Å². The Morgan fingerprint density at radius 3 is 2.83 bits per heavy atom. The molecule has 2 aliphatic heterocycles. The molecule has 1 amide bonds. The number of rotatable bonds is 4. The molecule has 0 spiro atoms. The zero-order valence-electron chi connectivity index (χ0n) is 13.6. The maximum atomic E-state index is 14.6. The van der Waals surface area contributed by atoms with Gasteiger partial charge in [-0.25, -0.2) is 4.39 Å². The number of hydrogen-bond donors (Lipinski definition) is 1. The molecule has 1 N–H and O–H groups in total. The Morgan fingerprint density at radius 2 is 2.17 bits per heavy atom. The fourth-order valence-corrected chi connectivity index (χ4v) is 4.11. The first-order valence-electron chi connectivity index (χ1n) is 8.09. The van der Waals surface area contributed by atoms with E-state index in [-0.39, 0.29) is 30.2 Å². The maximum absolute atomic E-state index is 14.6. The van der Waals surface area contributed by atoms with Gasteiger partial charge in [-0.3, -0.25) is 9.59 Å². The van der Waals surface area contributed by atoms with Crippen LogP contribution in [0.4, 0.5) is 10.1 Å². The van der Waals surface area contributed by atoms with E-state index in [2.05, 4.69) is 5.32 Å². The second-order valence-corrected chi connectivity index (χ2v) is 7.34. The molecular formula is C17H21FN2O3S. The summed E-state index contributed by atoms with van der Waals surface area (Å²) in [6, 6.07) is 5.00. The van der Waals surface area contributed by atoms with Gasteiger partial charge in [0.2, 0.25) is 5.91 Å². The fraction of sp³-hybridized carbons (Fsp3) is 0.529. The molecule has 2 aliphatic rings. The third-order valence-electron chi connectivity index (χ3n) is 4.46. The van der Waals surface area contributed by atoms with Crippen LogP contribution < -0.4 is 10.2 Å². The summed E-state index contributed by atoms with van der Waals surface area (Å²) in [7, 11) is 0. The number of amides is 1. The first kappa shape index (κ1) is 17.1. The van der Waals surface area contributed by atoms with Gasteiger partial charge in [0, 0.05) is 44.0 Å². The van der Waals surface area contributed by atoms with E-state index in [1.54, 1.807) is 12.1 Å². The van der Waals surface area contributed by atoms with Gasteiger partial charge in [0.05, 0.1) is 18.2 Å². The smallest absolute Gasteiger partial charge is 0.313 e. The van der Waals surface area contributed by atoms with Crippen LogP contribution in [0.25, 0.3) is 0 Å². The number of nitrogens with one attached hydrogen (secondary N) is 1. The van der Waals surface area contributed by atoms with E-state index in [4.69, 9.17) is 4.74 Å². The van der Waals surface area contributed by atoms with E-state index < -0.39 is 5.92 Å². The topological polar surface area (TPSA) is 58.6 Å². The fourth-order valence-electron chi connectivity index (χ4n) is 3.20. The molecule has 2 fully saturated rings. The van der Waals surface area contributed by atoms with Crippen LogP contribution in [0.5, 0.6) is 0 Å². The van der Waals surface area contributed by atoms with Crippen LogP contribution in [-0.2, 0) is 14.3 Å². The van der Waals surface area contributed by atoms with E-state index in [1.165, 1.54) is 13.0 Å². The van der Waals surface area contributed by atoms with Crippen LogP contribution in [-0.4, -0.2) is 49.6 Å². The monoisotopic (exact) mass is 352 g/mol. The Balaban J connectivity index is 1.78. The van der Waals surface area contributed by atoms with Crippen molar-refractivity contribution in [3.05, 3.63) is 29.6 Å². The van der Waals surface area contributed by atoms with E-state index in [0.29, 0.717) is 17.8 Å². The van der Waals surface area contributed by atoms with Crippen molar-refractivity contribution in [1.82, 2.24) is 5.32 Å². The Labute approximate surface area is 144 Å². The summed E-state index contributed by atoms with van der Waals surface area (Å²) < 4.78 is 19.7. The number of cyclic esters (lactones) is 1. The van der Waals surface area contributed by atoms with Gasteiger partial charge in [0.15, 0.2) is 0 Å². The molecule has 1 aromatic rings. The van der Waals surface area contributed by atoms with Crippen molar-refractivity contribution in [2.75, 3.05) is 42.6 Å². The largest absolute Gasteiger partial charge is 0.465 e.